The average molecular weight is 223 g/mol. The van der Waals surface area contributed by atoms with Crippen LogP contribution in [0.1, 0.15) is 13.3 Å². The normalized spacial score (nSPS) is 13.2. The summed E-state index contributed by atoms with van der Waals surface area (Å²) in [6.07, 6.45) is 0.405. The van der Waals surface area contributed by atoms with Crippen LogP contribution in [0, 0.1) is 0 Å². The van der Waals surface area contributed by atoms with Crippen LogP contribution >= 0.6 is 0 Å². The first kappa shape index (κ1) is 14.8. The molecule has 6 heteroatoms. The molecule has 0 aliphatic heterocycles. The lowest BCUT2D eigenvalue weighted by molar-refractivity contribution is -0.0131. The van der Waals surface area contributed by atoms with Crippen molar-refractivity contribution in [3.05, 3.63) is 0 Å². The van der Waals surface area contributed by atoms with Crippen molar-refractivity contribution in [3.63, 3.8) is 0 Å². The van der Waals surface area contributed by atoms with Crippen LogP contribution in [0.5, 0.6) is 0 Å². The number of rotatable bonds is 8. The lowest BCUT2D eigenvalue weighted by Crippen LogP contribution is -2.66. The van der Waals surface area contributed by atoms with Crippen LogP contribution in [-0.2, 0) is 0 Å². The fourth-order valence-corrected chi connectivity index (χ4v) is 1.27. The zero-order chi connectivity index (χ0) is 11.9. The Morgan fingerprint density at radius 3 is 1.27 bits per heavy atom. The summed E-state index contributed by atoms with van der Waals surface area (Å²) in [5.74, 6) is 0. The van der Waals surface area contributed by atoms with E-state index in [-0.39, 0.29) is 13.2 Å². The number of aliphatic hydroxyl groups excluding tert-OH is 5. The molecule has 0 heterocycles. The van der Waals surface area contributed by atoms with Crippen molar-refractivity contribution >= 4 is 0 Å². The second-order valence-corrected chi connectivity index (χ2v) is 3.83. The van der Waals surface area contributed by atoms with E-state index in [2.05, 4.69) is 5.32 Å². The van der Waals surface area contributed by atoms with Crippen molar-refractivity contribution in [1.82, 2.24) is 5.32 Å². The van der Waals surface area contributed by atoms with Crippen molar-refractivity contribution in [2.75, 3.05) is 33.0 Å². The molecule has 0 unspecified atom stereocenters. The Morgan fingerprint density at radius 2 is 1.07 bits per heavy atom. The summed E-state index contributed by atoms with van der Waals surface area (Å²) < 4.78 is 0. The Balaban J connectivity index is 4.74. The van der Waals surface area contributed by atoms with Gasteiger partial charge in [-0.3, -0.25) is 5.32 Å². The van der Waals surface area contributed by atoms with E-state index in [4.69, 9.17) is 25.5 Å². The van der Waals surface area contributed by atoms with Gasteiger partial charge in [0, 0.05) is 0 Å². The molecule has 0 amide bonds. The molecule has 6 N–H and O–H groups in total. The number of nitrogens with one attached hydrogen (secondary N) is 1. The van der Waals surface area contributed by atoms with E-state index >= 15 is 0 Å². The highest BCUT2D eigenvalue weighted by atomic mass is 16.3. The standard InChI is InChI=1S/C9H21NO5/c1-2-8(3-11,4-12)10-9(5-13,6-14)7-15/h10-15H,2-7H2,1H3. The van der Waals surface area contributed by atoms with Crippen LogP contribution in [0.2, 0.25) is 0 Å². The van der Waals surface area contributed by atoms with E-state index in [1.54, 1.807) is 6.92 Å². The zero-order valence-electron chi connectivity index (χ0n) is 8.98. The van der Waals surface area contributed by atoms with Crippen molar-refractivity contribution in [1.29, 1.82) is 0 Å². The van der Waals surface area contributed by atoms with E-state index in [0.29, 0.717) is 6.42 Å². The molecule has 0 fully saturated rings. The quantitative estimate of drug-likeness (QED) is 0.269. The highest BCUT2D eigenvalue weighted by molar-refractivity contribution is 4.97. The molecule has 0 aromatic carbocycles. The predicted molar refractivity (Wildman–Crippen MR) is 54.3 cm³/mol. The maximum Gasteiger partial charge on any atom is 0.0887 e. The molecule has 92 valence electrons. The summed E-state index contributed by atoms with van der Waals surface area (Å²) in [6.45, 7) is -0.398. The summed E-state index contributed by atoms with van der Waals surface area (Å²) >= 11 is 0. The fraction of sp³-hybridized carbons (Fsp3) is 1.00. The molecular formula is C9H21NO5. The van der Waals surface area contributed by atoms with E-state index in [0.717, 1.165) is 0 Å². The molecule has 0 saturated carbocycles. The first-order chi connectivity index (χ1) is 7.07. The van der Waals surface area contributed by atoms with Gasteiger partial charge in [0.1, 0.15) is 0 Å². The minimum absolute atomic E-state index is 0.345. The zero-order valence-corrected chi connectivity index (χ0v) is 8.98. The molecule has 0 saturated heterocycles. The SMILES string of the molecule is CCC(CO)(CO)NC(CO)(CO)CO. The molecule has 0 aromatic rings. The molecule has 0 radical (unpaired) electrons. The Labute approximate surface area is 89.2 Å². The van der Waals surface area contributed by atoms with Crippen LogP contribution in [0.3, 0.4) is 0 Å². The summed E-state index contributed by atoms with van der Waals surface area (Å²) in [5, 5.41) is 48.3. The Hall–Kier alpha value is -0.240. The van der Waals surface area contributed by atoms with Crippen LogP contribution in [0.15, 0.2) is 0 Å². The van der Waals surface area contributed by atoms with E-state index in [9.17, 15) is 0 Å². The highest BCUT2D eigenvalue weighted by Gasteiger charge is 2.38. The molecule has 0 spiro atoms. The summed E-state index contributed by atoms with van der Waals surface area (Å²) in [7, 11) is 0. The summed E-state index contributed by atoms with van der Waals surface area (Å²) in [4.78, 5) is 0. The van der Waals surface area contributed by atoms with Gasteiger partial charge < -0.3 is 25.5 Å². The first-order valence-electron chi connectivity index (χ1n) is 4.91. The van der Waals surface area contributed by atoms with E-state index < -0.39 is 30.9 Å². The van der Waals surface area contributed by atoms with Crippen molar-refractivity contribution in [2.45, 2.75) is 24.4 Å². The molecule has 0 atom stereocenters. The average Bonchev–Trinajstić information content (AvgIpc) is 2.33. The maximum absolute atomic E-state index is 9.16. The van der Waals surface area contributed by atoms with Gasteiger partial charge in [0.15, 0.2) is 0 Å². The lowest BCUT2D eigenvalue weighted by Gasteiger charge is -2.40. The van der Waals surface area contributed by atoms with E-state index in [1.165, 1.54) is 0 Å². The highest BCUT2D eigenvalue weighted by Crippen LogP contribution is 2.15. The molecule has 0 aromatic heterocycles. The molecule has 0 rings (SSSR count). The third-order valence-corrected chi connectivity index (χ3v) is 2.72. The van der Waals surface area contributed by atoms with Gasteiger partial charge in [0.05, 0.1) is 44.1 Å². The Kier molecular flexibility index (Phi) is 6.26. The van der Waals surface area contributed by atoms with Crippen LogP contribution in [0.4, 0.5) is 0 Å². The molecule has 6 nitrogen and oxygen atoms in total. The second kappa shape index (κ2) is 6.37. The van der Waals surface area contributed by atoms with Gasteiger partial charge >= 0.3 is 0 Å². The number of hydrogen-bond donors (Lipinski definition) is 6. The van der Waals surface area contributed by atoms with Gasteiger partial charge in [-0.05, 0) is 6.42 Å². The smallest absolute Gasteiger partial charge is 0.0887 e. The molecule has 15 heavy (non-hydrogen) atoms. The summed E-state index contributed by atoms with van der Waals surface area (Å²) in [6, 6.07) is 0. The second-order valence-electron chi connectivity index (χ2n) is 3.83. The predicted octanol–water partition coefficient (Wildman–Crippen LogP) is -2.57. The summed E-state index contributed by atoms with van der Waals surface area (Å²) in [5.41, 5.74) is -2.30. The van der Waals surface area contributed by atoms with Gasteiger partial charge in [-0.2, -0.15) is 0 Å². The third kappa shape index (κ3) is 3.37. The van der Waals surface area contributed by atoms with Crippen molar-refractivity contribution < 1.29 is 25.5 Å². The number of aliphatic hydroxyl groups is 5. The first-order valence-corrected chi connectivity index (χ1v) is 4.91. The van der Waals surface area contributed by atoms with Gasteiger partial charge in [-0.15, -0.1) is 0 Å². The lowest BCUT2D eigenvalue weighted by atomic mass is 9.92. The van der Waals surface area contributed by atoms with Gasteiger partial charge in [-0.1, -0.05) is 6.92 Å². The molecular weight excluding hydrogens is 202 g/mol. The van der Waals surface area contributed by atoms with Crippen LogP contribution in [0.25, 0.3) is 0 Å². The van der Waals surface area contributed by atoms with Crippen LogP contribution in [-0.4, -0.2) is 69.6 Å². The number of hydrogen-bond acceptors (Lipinski definition) is 6. The fourth-order valence-electron chi connectivity index (χ4n) is 1.27. The Bertz CT molecular complexity index is 133. The van der Waals surface area contributed by atoms with Gasteiger partial charge in [0.25, 0.3) is 0 Å². The molecule has 0 aliphatic rings. The minimum atomic E-state index is -1.29. The largest absolute Gasteiger partial charge is 0.394 e. The third-order valence-electron chi connectivity index (χ3n) is 2.72. The van der Waals surface area contributed by atoms with Crippen molar-refractivity contribution in [3.8, 4) is 0 Å². The topological polar surface area (TPSA) is 113 Å². The van der Waals surface area contributed by atoms with Gasteiger partial charge in [0.2, 0.25) is 0 Å². The Morgan fingerprint density at radius 1 is 0.733 bits per heavy atom. The van der Waals surface area contributed by atoms with Crippen molar-refractivity contribution in [2.24, 2.45) is 0 Å². The van der Waals surface area contributed by atoms with Gasteiger partial charge in [-0.25, -0.2) is 0 Å². The minimum Gasteiger partial charge on any atom is -0.394 e. The van der Waals surface area contributed by atoms with E-state index in [1.807, 2.05) is 0 Å². The molecule has 0 bridgehead atoms. The van der Waals surface area contributed by atoms with Crippen LogP contribution < -0.4 is 5.32 Å². The maximum atomic E-state index is 9.16. The monoisotopic (exact) mass is 223 g/mol. The molecule has 0 aliphatic carbocycles.